The third-order valence-corrected chi connectivity index (χ3v) is 2.86. The van der Waals surface area contributed by atoms with Gasteiger partial charge in [-0.05, 0) is 29.7 Å². The molecule has 0 N–H and O–H groups in total. The van der Waals surface area contributed by atoms with E-state index in [1.165, 1.54) is 4.88 Å². The summed E-state index contributed by atoms with van der Waals surface area (Å²) >= 11 is 1.73. The second kappa shape index (κ2) is 4.24. The average Bonchev–Trinajstić information content (AvgIpc) is 2.69. The third-order valence-electron chi connectivity index (χ3n) is 2.02. The van der Waals surface area contributed by atoms with E-state index in [9.17, 15) is 0 Å². The Morgan fingerprint density at radius 2 is 2.43 bits per heavy atom. The van der Waals surface area contributed by atoms with Crippen LogP contribution in [0.3, 0.4) is 0 Å². The van der Waals surface area contributed by atoms with Crippen LogP contribution in [0.5, 0.6) is 0 Å². The number of amidine groups is 1. The van der Waals surface area contributed by atoms with Gasteiger partial charge in [-0.1, -0.05) is 6.07 Å². The zero-order chi connectivity index (χ0) is 9.80. The molecular weight excluding hydrogens is 192 g/mol. The average molecular weight is 204 g/mol. The predicted molar refractivity (Wildman–Crippen MR) is 62.6 cm³/mol. The lowest BCUT2D eigenvalue weighted by atomic mass is 10.3. The summed E-state index contributed by atoms with van der Waals surface area (Å²) in [5, 5.41) is 2.08. The predicted octanol–water partition coefficient (Wildman–Crippen LogP) is 2.62. The van der Waals surface area contributed by atoms with Gasteiger partial charge < -0.3 is 4.90 Å². The van der Waals surface area contributed by atoms with Crippen LogP contribution in [0, 0.1) is 0 Å². The highest BCUT2D eigenvalue weighted by atomic mass is 32.1. The lowest BCUT2D eigenvalue weighted by Gasteiger charge is -2.18. The van der Waals surface area contributed by atoms with Crippen molar-refractivity contribution in [3.8, 4) is 0 Å². The fourth-order valence-corrected chi connectivity index (χ4v) is 1.86. The maximum Gasteiger partial charge on any atom is 0.128 e. The van der Waals surface area contributed by atoms with Crippen molar-refractivity contribution in [2.45, 2.75) is 0 Å². The number of likely N-dealkylation sites (N-methyl/N-ethyl adjacent to an activating group) is 1. The van der Waals surface area contributed by atoms with Crippen LogP contribution in [0.15, 0.2) is 40.9 Å². The molecule has 2 rings (SSSR count). The summed E-state index contributed by atoms with van der Waals surface area (Å²) in [7, 11) is 2.04. The first-order valence-corrected chi connectivity index (χ1v) is 5.40. The highest BCUT2D eigenvalue weighted by Crippen LogP contribution is 2.11. The van der Waals surface area contributed by atoms with Crippen LogP contribution in [0.2, 0.25) is 0 Å². The molecule has 0 radical (unpaired) electrons. The van der Waals surface area contributed by atoms with Crippen molar-refractivity contribution in [3.05, 3.63) is 40.7 Å². The van der Waals surface area contributed by atoms with Crippen molar-refractivity contribution < 1.29 is 0 Å². The smallest absolute Gasteiger partial charge is 0.128 e. The van der Waals surface area contributed by atoms with Gasteiger partial charge in [-0.15, -0.1) is 11.3 Å². The molecular formula is C11H12N2S. The van der Waals surface area contributed by atoms with Crippen molar-refractivity contribution >= 4 is 23.2 Å². The Hall–Kier alpha value is -1.35. The molecule has 0 unspecified atom stereocenters. The lowest BCUT2D eigenvalue weighted by molar-refractivity contribution is 0.560. The van der Waals surface area contributed by atoms with E-state index >= 15 is 0 Å². The Morgan fingerprint density at radius 1 is 1.50 bits per heavy atom. The maximum atomic E-state index is 4.29. The molecule has 1 aliphatic rings. The minimum absolute atomic E-state index is 0.938. The SMILES string of the molecule is CN1CC=CN=C1C=Cc1cccs1. The first kappa shape index (κ1) is 9.21. The van der Waals surface area contributed by atoms with Gasteiger partial charge in [0.15, 0.2) is 0 Å². The van der Waals surface area contributed by atoms with Crippen LogP contribution in [-0.4, -0.2) is 24.3 Å². The highest BCUT2D eigenvalue weighted by molar-refractivity contribution is 7.10. The van der Waals surface area contributed by atoms with Crippen molar-refractivity contribution in [2.75, 3.05) is 13.6 Å². The second-order valence-corrected chi connectivity index (χ2v) is 4.08. The van der Waals surface area contributed by atoms with Crippen LogP contribution < -0.4 is 0 Å². The summed E-state index contributed by atoms with van der Waals surface area (Å²) in [5.74, 6) is 1.01. The molecule has 1 aliphatic heterocycles. The Labute approximate surface area is 87.9 Å². The van der Waals surface area contributed by atoms with Gasteiger partial charge >= 0.3 is 0 Å². The van der Waals surface area contributed by atoms with Gasteiger partial charge in [0, 0.05) is 24.7 Å². The van der Waals surface area contributed by atoms with E-state index < -0.39 is 0 Å². The number of hydrogen-bond acceptors (Lipinski definition) is 3. The van der Waals surface area contributed by atoms with Gasteiger partial charge in [0.25, 0.3) is 0 Å². The number of aliphatic imine (C=N–C) groups is 1. The van der Waals surface area contributed by atoms with Gasteiger partial charge in [-0.25, -0.2) is 4.99 Å². The van der Waals surface area contributed by atoms with E-state index in [2.05, 4.69) is 39.6 Å². The monoisotopic (exact) mass is 204 g/mol. The van der Waals surface area contributed by atoms with Crippen LogP contribution in [0.25, 0.3) is 6.08 Å². The molecule has 1 aromatic heterocycles. The zero-order valence-electron chi connectivity index (χ0n) is 8.05. The Morgan fingerprint density at radius 3 is 3.14 bits per heavy atom. The summed E-state index contributed by atoms with van der Waals surface area (Å²) in [6, 6.07) is 4.15. The molecule has 0 aliphatic carbocycles. The summed E-state index contributed by atoms with van der Waals surface area (Å²) in [5.41, 5.74) is 0. The molecule has 3 heteroatoms. The molecule has 0 saturated heterocycles. The molecule has 14 heavy (non-hydrogen) atoms. The highest BCUT2D eigenvalue weighted by Gasteiger charge is 2.02. The van der Waals surface area contributed by atoms with Crippen LogP contribution in [0.4, 0.5) is 0 Å². The van der Waals surface area contributed by atoms with Gasteiger partial charge in [0.05, 0.1) is 0 Å². The minimum Gasteiger partial charge on any atom is -0.356 e. The second-order valence-electron chi connectivity index (χ2n) is 3.10. The van der Waals surface area contributed by atoms with Crippen molar-refractivity contribution in [1.82, 2.24) is 4.90 Å². The Bertz CT molecular complexity index is 374. The minimum atomic E-state index is 0.938. The van der Waals surface area contributed by atoms with Crippen molar-refractivity contribution in [3.63, 3.8) is 0 Å². The summed E-state index contributed by atoms with van der Waals surface area (Å²) in [4.78, 5) is 7.66. The Balaban J connectivity index is 2.10. The van der Waals surface area contributed by atoms with Gasteiger partial charge in [-0.2, -0.15) is 0 Å². The molecule has 1 aromatic rings. The first-order chi connectivity index (χ1) is 6.86. The molecule has 0 atom stereocenters. The van der Waals surface area contributed by atoms with Gasteiger partial charge in [0.2, 0.25) is 0 Å². The fraction of sp³-hybridized carbons (Fsp3) is 0.182. The van der Waals surface area contributed by atoms with Gasteiger partial charge in [-0.3, -0.25) is 0 Å². The van der Waals surface area contributed by atoms with Crippen LogP contribution in [0.1, 0.15) is 4.88 Å². The van der Waals surface area contributed by atoms with Crippen molar-refractivity contribution in [2.24, 2.45) is 4.99 Å². The molecule has 0 bridgehead atoms. The quantitative estimate of drug-likeness (QED) is 0.723. The fourth-order valence-electron chi connectivity index (χ4n) is 1.24. The summed E-state index contributed by atoms with van der Waals surface area (Å²) < 4.78 is 0. The largest absolute Gasteiger partial charge is 0.356 e. The number of rotatable bonds is 2. The maximum absolute atomic E-state index is 4.29. The van der Waals surface area contributed by atoms with Crippen LogP contribution in [-0.2, 0) is 0 Å². The van der Waals surface area contributed by atoms with Gasteiger partial charge in [0.1, 0.15) is 5.84 Å². The first-order valence-electron chi connectivity index (χ1n) is 4.52. The lowest BCUT2D eigenvalue weighted by Crippen LogP contribution is -2.26. The number of nitrogens with zero attached hydrogens (tertiary/aromatic N) is 2. The molecule has 0 aromatic carbocycles. The van der Waals surface area contributed by atoms with E-state index in [-0.39, 0.29) is 0 Å². The topological polar surface area (TPSA) is 15.6 Å². The normalized spacial score (nSPS) is 16.4. The third kappa shape index (κ3) is 2.12. The molecule has 0 saturated carbocycles. The van der Waals surface area contributed by atoms with Crippen LogP contribution >= 0.6 is 11.3 Å². The van der Waals surface area contributed by atoms with E-state index in [4.69, 9.17) is 0 Å². The van der Waals surface area contributed by atoms with E-state index in [1.54, 1.807) is 11.3 Å². The Kier molecular flexibility index (Phi) is 2.79. The molecule has 0 spiro atoms. The van der Waals surface area contributed by atoms with E-state index in [1.807, 2.05) is 19.3 Å². The summed E-state index contributed by atoms with van der Waals surface area (Å²) in [6.45, 7) is 0.938. The van der Waals surface area contributed by atoms with E-state index in [0.29, 0.717) is 0 Å². The summed E-state index contributed by atoms with van der Waals surface area (Å²) in [6.07, 6.45) is 8.05. The zero-order valence-corrected chi connectivity index (χ0v) is 8.87. The van der Waals surface area contributed by atoms with Crippen molar-refractivity contribution in [1.29, 1.82) is 0 Å². The molecule has 72 valence electrons. The molecule has 0 fully saturated rings. The standard InChI is InChI=1S/C11H12N2S/c1-13-8-3-7-12-11(13)6-5-10-4-2-9-14-10/h2-7,9H,8H2,1H3. The molecule has 2 heterocycles. The van der Waals surface area contributed by atoms with E-state index in [0.717, 1.165) is 12.4 Å². The number of hydrogen-bond donors (Lipinski definition) is 0. The molecule has 0 amide bonds. The number of thiophene rings is 1. The molecule has 2 nitrogen and oxygen atoms in total.